The molecule has 6 nitrogen and oxygen atoms in total. The van der Waals surface area contributed by atoms with E-state index in [1.54, 1.807) is 0 Å². The second-order valence-electron chi connectivity index (χ2n) is 20.2. The van der Waals surface area contributed by atoms with Gasteiger partial charge in [0.15, 0.2) is 17.5 Å². The molecule has 80 heavy (non-hydrogen) atoms. The van der Waals surface area contributed by atoms with E-state index >= 15 is 0 Å². The van der Waals surface area contributed by atoms with Crippen LogP contribution in [-0.4, -0.2) is 29.1 Å². The number of pyridine rings is 1. The van der Waals surface area contributed by atoms with Gasteiger partial charge in [-0.25, -0.2) is 19.9 Å². The molecule has 0 N–H and O–H groups in total. The molecule has 6 heteroatoms. The van der Waals surface area contributed by atoms with Crippen molar-refractivity contribution >= 4 is 43.6 Å². The van der Waals surface area contributed by atoms with Crippen LogP contribution in [0.2, 0.25) is 0 Å². The minimum Gasteiger partial charge on any atom is -0.309 e. The van der Waals surface area contributed by atoms with Crippen LogP contribution in [0.4, 0.5) is 0 Å². The van der Waals surface area contributed by atoms with E-state index in [1.807, 2.05) is 36.4 Å². The molecule has 0 saturated carbocycles. The lowest BCUT2D eigenvalue weighted by Crippen LogP contribution is -2.01. The van der Waals surface area contributed by atoms with Crippen LogP contribution in [0.25, 0.3) is 145 Å². The van der Waals surface area contributed by atoms with Crippen LogP contribution < -0.4 is 0 Å². The Hall–Kier alpha value is -10.8. The van der Waals surface area contributed by atoms with Crippen molar-refractivity contribution in [3.63, 3.8) is 0 Å². The molecule has 15 rings (SSSR count). The molecule has 0 fully saturated rings. The fraction of sp³-hybridized carbons (Fsp3) is 0. The first kappa shape index (κ1) is 46.5. The lowest BCUT2D eigenvalue weighted by Gasteiger charge is -2.19. The van der Waals surface area contributed by atoms with Crippen molar-refractivity contribution in [1.82, 2.24) is 29.1 Å². The van der Waals surface area contributed by atoms with Crippen LogP contribution >= 0.6 is 0 Å². The molecule has 0 amide bonds. The Morgan fingerprint density at radius 2 is 0.588 bits per heavy atom. The molecular weight excluding hydrogens is 973 g/mol. The third kappa shape index (κ3) is 8.22. The van der Waals surface area contributed by atoms with Gasteiger partial charge in [-0.05, 0) is 94.5 Å². The predicted molar refractivity (Wildman–Crippen MR) is 330 cm³/mol. The molecule has 4 aromatic heterocycles. The van der Waals surface area contributed by atoms with Gasteiger partial charge in [0.1, 0.15) is 0 Å². The summed E-state index contributed by atoms with van der Waals surface area (Å²) < 4.78 is 4.82. The van der Waals surface area contributed by atoms with Gasteiger partial charge < -0.3 is 9.13 Å². The maximum Gasteiger partial charge on any atom is 0.164 e. The molecule has 4 heterocycles. The van der Waals surface area contributed by atoms with Crippen molar-refractivity contribution in [2.24, 2.45) is 0 Å². The maximum absolute atomic E-state index is 5.31. The molecule has 0 bridgehead atoms. The first-order valence-electron chi connectivity index (χ1n) is 27.0. The Morgan fingerprint density at radius 3 is 1.06 bits per heavy atom. The lowest BCUT2D eigenvalue weighted by atomic mass is 9.89. The van der Waals surface area contributed by atoms with E-state index in [0.29, 0.717) is 17.5 Å². The second kappa shape index (κ2) is 19.6. The number of hydrogen-bond donors (Lipinski definition) is 0. The summed E-state index contributed by atoms with van der Waals surface area (Å²) >= 11 is 0. The highest BCUT2D eigenvalue weighted by atomic mass is 15.0. The quantitative estimate of drug-likeness (QED) is 0.137. The van der Waals surface area contributed by atoms with Crippen LogP contribution in [-0.2, 0) is 0 Å². The smallest absolute Gasteiger partial charge is 0.164 e. The van der Waals surface area contributed by atoms with E-state index in [4.69, 9.17) is 19.9 Å². The normalized spacial score (nSPS) is 11.5. The fourth-order valence-corrected chi connectivity index (χ4v) is 11.6. The predicted octanol–water partition coefficient (Wildman–Crippen LogP) is 18.8. The maximum atomic E-state index is 5.31. The Bertz CT molecular complexity index is 4570. The molecule has 0 radical (unpaired) electrons. The van der Waals surface area contributed by atoms with Gasteiger partial charge in [0.05, 0.1) is 39.1 Å². The molecular formula is C74H48N6. The van der Waals surface area contributed by atoms with E-state index < -0.39 is 0 Å². The summed E-state index contributed by atoms with van der Waals surface area (Å²) in [5, 5.41) is 4.88. The van der Waals surface area contributed by atoms with Gasteiger partial charge in [-0.1, -0.05) is 224 Å². The van der Waals surface area contributed by atoms with Crippen LogP contribution in [0, 0.1) is 0 Å². The van der Waals surface area contributed by atoms with E-state index in [9.17, 15) is 0 Å². The third-order valence-electron chi connectivity index (χ3n) is 15.4. The Labute approximate surface area is 462 Å². The summed E-state index contributed by atoms with van der Waals surface area (Å²) in [5.74, 6) is 1.80. The molecule has 0 spiro atoms. The number of aromatic nitrogens is 6. The zero-order chi connectivity index (χ0) is 52.9. The topological polar surface area (TPSA) is 61.4 Å². The van der Waals surface area contributed by atoms with Crippen molar-refractivity contribution in [2.75, 3.05) is 0 Å². The van der Waals surface area contributed by atoms with Crippen LogP contribution in [0.15, 0.2) is 291 Å². The summed E-state index contributed by atoms with van der Waals surface area (Å²) in [7, 11) is 0. The minimum absolute atomic E-state index is 0.581. The monoisotopic (exact) mass is 1020 g/mol. The Morgan fingerprint density at radius 1 is 0.212 bits per heavy atom. The fourth-order valence-electron chi connectivity index (χ4n) is 11.6. The summed E-state index contributed by atoms with van der Waals surface area (Å²) in [6, 6.07) is 103. The van der Waals surface area contributed by atoms with Crippen molar-refractivity contribution in [2.45, 2.75) is 0 Å². The lowest BCUT2D eigenvalue weighted by molar-refractivity contribution is 1.07. The summed E-state index contributed by atoms with van der Waals surface area (Å²) in [4.78, 5) is 20.9. The van der Waals surface area contributed by atoms with E-state index in [2.05, 4.69) is 264 Å². The number of rotatable bonds is 10. The third-order valence-corrected chi connectivity index (χ3v) is 15.4. The van der Waals surface area contributed by atoms with Crippen LogP contribution in [0.1, 0.15) is 0 Å². The highest BCUT2D eigenvalue weighted by Gasteiger charge is 2.22. The van der Waals surface area contributed by atoms with Gasteiger partial charge in [0, 0.05) is 60.6 Å². The first-order chi connectivity index (χ1) is 39.7. The largest absolute Gasteiger partial charge is 0.309 e. The summed E-state index contributed by atoms with van der Waals surface area (Å²) in [5.41, 5.74) is 19.7. The number of benzene rings is 11. The van der Waals surface area contributed by atoms with Crippen molar-refractivity contribution in [3.05, 3.63) is 291 Å². The van der Waals surface area contributed by atoms with E-state index in [1.165, 1.54) is 32.6 Å². The summed E-state index contributed by atoms with van der Waals surface area (Å²) in [6.45, 7) is 0. The number of hydrogen-bond acceptors (Lipinski definition) is 4. The summed E-state index contributed by atoms with van der Waals surface area (Å²) in [6.07, 6.45) is 0. The molecule has 15 aromatic rings. The van der Waals surface area contributed by atoms with Gasteiger partial charge >= 0.3 is 0 Å². The Kier molecular flexibility index (Phi) is 11.4. The molecule has 0 atom stereocenters. The van der Waals surface area contributed by atoms with Crippen LogP contribution in [0.3, 0.4) is 0 Å². The molecule has 0 saturated heterocycles. The minimum atomic E-state index is 0.581. The van der Waals surface area contributed by atoms with Gasteiger partial charge in [0.2, 0.25) is 0 Å². The van der Waals surface area contributed by atoms with Crippen LogP contribution in [0.5, 0.6) is 0 Å². The molecule has 374 valence electrons. The number of nitrogens with zero attached hydrogens (tertiary/aromatic N) is 6. The average molecular weight is 1020 g/mol. The molecule has 0 aliphatic heterocycles. The van der Waals surface area contributed by atoms with Gasteiger partial charge in [-0.15, -0.1) is 0 Å². The van der Waals surface area contributed by atoms with Crippen molar-refractivity contribution in [1.29, 1.82) is 0 Å². The zero-order valence-corrected chi connectivity index (χ0v) is 43.4. The van der Waals surface area contributed by atoms with Gasteiger partial charge in [-0.3, -0.25) is 0 Å². The molecule has 0 aliphatic rings. The highest BCUT2D eigenvalue weighted by molar-refractivity contribution is 6.11. The van der Waals surface area contributed by atoms with E-state index in [0.717, 1.165) is 95.0 Å². The number of fused-ring (bicyclic) bond motifs is 6. The number of para-hydroxylation sites is 4. The standard InChI is InChI=1S/C74H48N6/c1-5-21-50(22-6-1)65-47-56(48-66(75-65)51-23-7-2-8-24-51)58-43-39-55(74-77-72(52-25-9-3-10-26-52)76-73(78-74)53-27-11-4-12-28-53)46-63(58)54-40-44-71(80-69-35-19-15-31-61(69)62-32-16-20-36-70(62)80)64(45-54)49-37-41-57(42-38-49)79-67-33-17-13-29-59(67)60-30-14-18-34-68(60)79/h1-48H. The zero-order valence-electron chi connectivity index (χ0n) is 43.4. The average Bonchev–Trinajstić information content (AvgIpc) is 4.28. The van der Waals surface area contributed by atoms with Crippen molar-refractivity contribution < 1.29 is 0 Å². The first-order valence-corrected chi connectivity index (χ1v) is 27.0. The molecule has 0 unspecified atom stereocenters. The van der Waals surface area contributed by atoms with Crippen molar-refractivity contribution in [3.8, 4) is 101 Å². The SMILES string of the molecule is c1ccc(-c2cc(-c3ccc(-c4nc(-c5ccccc5)nc(-c5ccccc5)n4)cc3-c3ccc(-n4c5ccccc5c5ccccc54)c(-c4ccc(-n5c6ccccc6c6ccccc65)cc4)c3)cc(-c3ccccc3)n2)cc1. The van der Waals surface area contributed by atoms with Gasteiger partial charge in [0.25, 0.3) is 0 Å². The highest BCUT2D eigenvalue weighted by Crippen LogP contribution is 2.43. The molecule has 0 aliphatic carbocycles. The Balaban J connectivity index is 0.986. The second-order valence-corrected chi connectivity index (χ2v) is 20.2. The molecule has 11 aromatic carbocycles. The van der Waals surface area contributed by atoms with Gasteiger partial charge in [-0.2, -0.15) is 0 Å². The van der Waals surface area contributed by atoms with E-state index in [-0.39, 0.29) is 0 Å².